The fourth-order valence-corrected chi connectivity index (χ4v) is 12.9. The Kier molecular flexibility index (Phi) is 98.3. The number of carbonyl (C=O) groups excluding carboxylic acids is 2. The van der Waals surface area contributed by atoms with Gasteiger partial charge >= 0.3 is 0 Å². The molecule has 148 heavy (non-hydrogen) atoms. The molecule has 15 aromatic rings. The number of Topliss-reactive ketones (excluding diaryl/α,β-unsaturated/α-hetero) is 2. The number of rotatable bonds is 10. The molecule has 9 aromatic heterocycles. The second-order valence-electron chi connectivity index (χ2n) is 27.9. The fraction of sp³-hybridized carbons (Fsp3) is 0.476. The summed E-state index contributed by atoms with van der Waals surface area (Å²) in [6.45, 7) is 111. The minimum atomic E-state index is -0.496. The molecule has 0 saturated heterocycles. The third-order valence-electron chi connectivity index (χ3n) is 19.8. The zero-order chi connectivity index (χ0) is 118. The van der Waals surface area contributed by atoms with E-state index >= 15 is 0 Å². The van der Waals surface area contributed by atoms with E-state index in [-0.39, 0.29) is 51.2 Å². The molecular formula is C126H209N15O7. The van der Waals surface area contributed by atoms with E-state index in [9.17, 15) is 33.6 Å². The Morgan fingerprint density at radius 3 is 0.791 bits per heavy atom. The molecule has 1 unspecified atom stereocenters. The van der Waals surface area contributed by atoms with E-state index in [0.29, 0.717) is 39.7 Å². The van der Waals surface area contributed by atoms with E-state index in [1.807, 2.05) is 533 Å². The summed E-state index contributed by atoms with van der Waals surface area (Å²) in [5.41, 5.74) is 24.8. The van der Waals surface area contributed by atoms with Crippen LogP contribution in [0.2, 0.25) is 0 Å². The van der Waals surface area contributed by atoms with Crippen LogP contribution < -0.4 is 33.5 Å². The van der Waals surface area contributed by atoms with E-state index in [1.165, 1.54) is 6.42 Å². The second-order valence-corrected chi connectivity index (χ2v) is 27.9. The van der Waals surface area contributed by atoms with Crippen molar-refractivity contribution in [1.82, 2.24) is 66.6 Å². The average Bonchev–Trinajstić information content (AvgIpc) is 1.58. The van der Waals surface area contributed by atoms with Crippen molar-refractivity contribution in [2.24, 2.45) is 5.92 Å². The van der Waals surface area contributed by atoms with Gasteiger partial charge in [-0.25, -0.2) is 42.5 Å². The topological polar surface area (TPSA) is 285 Å². The Bertz CT molecular complexity index is 6050. The SMILES string of the molecule is CC.CC.CC.CC.CC.CC.CC.CC.CC.CC.CC.CC.CC.CC.CC.CC.CC.CC.CC(C)C(=O)c1ccccc1.CCC.CCn1c(C)c(C)c(=O)n2c(C)c(-c3ccccc3)nc12.Cc1[nH]c2nc(-c3ccccc3)c(C)n2c(=O)c1C.Cc1[nH]c2nc(-c3ccccc3)c(C)n2c(=O)c1C.Cc1c(C)n(C(C)C(=O)c2ccccc2)c2nc(-c3ccccc3)c(C)n2c1=O.Cc1nc(N)[nH]c(=O)c1C. The smallest absolute Gasteiger partial charge is 0.262 e. The van der Waals surface area contributed by atoms with Crippen LogP contribution in [-0.4, -0.2) is 78.2 Å². The van der Waals surface area contributed by atoms with Crippen LogP contribution in [0.4, 0.5) is 5.95 Å². The van der Waals surface area contributed by atoms with Crippen LogP contribution in [0.5, 0.6) is 0 Å². The normalized spacial score (nSPS) is 9.11. The molecule has 0 radical (unpaired) electrons. The molecule has 15 rings (SSSR count). The number of imidazole rings is 4. The molecule has 6 aromatic carbocycles. The molecule has 0 spiro atoms. The first-order chi connectivity index (χ1) is 71.4. The number of aromatic nitrogens is 14. The molecule has 830 valence electrons. The molecule has 0 aliphatic carbocycles. The van der Waals surface area contributed by atoms with Gasteiger partial charge in [-0.05, 0) is 111 Å². The summed E-state index contributed by atoms with van der Waals surface area (Å²) in [4.78, 5) is 117. The number of nitrogens with two attached hydrogens (primary N) is 1. The molecule has 0 bridgehead atoms. The third-order valence-corrected chi connectivity index (χ3v) is 19.8. The van der Waals surface area contributed by atoms with Gasteiger partial charge in [-0.2, -0.15) is 0 Å². The van der Waals surface area contributed by atoms with Crippen molar-refractivity contribution in [3.05, 3.63) is 324 Å². The second kappa shape index (κ2) is 93.8. The summed E-state index contributed by atoms with van der Waals surface area (Å²) >= 11 is 0. The van der Waals surface area contributed by atoms with Crippen molar-refractivity contribution in [2.75, 3.05) is 5.73 Å². The van der Waals surface area contributed by atoms with Gasteiger partial charge < -0.3 is 24.8 Å². The number of nitrogens with zero attached hydrogens (tertiary/aromatic N) is 11. The van der Waals surface area contributed by atoms with E-state index in [2.05, 4.69) is 55.2 Å². The number of benzene rings is 6. The first kappa shape index (κ1) is 155. The molecule has 22 heteroatoms. The van der Waals surface area contributed by atoms with Gasteiger partial charge in [0.1, 0.15) is 0 Å². The van der Waals surface area contributed by atoms with Crippen LogP contribution in [0.15, 0.2) is 206 Å². The van der Waals surface area contributed by atoms with E-state index in [4.69, 9.17) is 15.7 Å². The van der Waals surface area contributed by atoms with E-state index in [0.717, 1.165) is 125 Å². The van der Waals surface area contributed by atoms with Crippen LogP contribution in [0.25, 0.3) is 68.1 Å². The van der Waals surface area contributed by atoms with Gasteiger partial charge in [0.15, 0.2) is 11.6 Å². The number of aromatic amines is 3. The van der Waals surface area contributed by atoms with Crippen molar-refractivity contribution in [3.8, 4) is 45.0 Å². The molecule has 0 aliphatic heterocycles. The third kappa shape index (κ3) is 45.8. The number of anilines is 1. The summed E-state index contributed by atoms with van der Waals surface area (Å²) in [6, 6.07) is 57.7. The van der Waals surface area contributed by atoms with E-state index < -0.39 is 6.04 Å². The molecule has 0 fully saturated rings. The largest absolute Gasteiger partial charge is 0.369 e. The Morgan fingerprint density at radius 2 is 0.520 bits per heavy atom. The molecule has 0 saturated carbocycles. The number of hydrogen-bond acceptors (Lipinski definition) is 13. The fourth-order valence-electron chi connectivity index (χ4n) is 12.9. The quantitative estimate of drug-likeness (QED) is 0.0928. The highest BCUT2D eigenvalue weighted by atomic mass is 16.2. The molecular weight excluding hydrogens is 1840 g/mol. The maximum absolute atomic E-state index is 13.2. The van der Waals surface area contributed by atoms with Gasteiger partial charge in [0.05, 0.1) is 51.6 Å². The maximum Gasteiger partial charge on any atom is 0.262 e. The van der Waals surface area contributed by atoms with Crippen molar-refractivity contribution in [2.45, 2.75) is 407 Å². The number of carbonyl (C=O) groups is 2. The number of nitrogen functional groups attached to an aromatic ring is 1. The minimum absolute atomic E-state index is 0.00145. The summed E-state index contributed by atoms with van der Waals surface area (Å²) in [5, 5.41) is 0. The Morgan fingerprint density at radius 1 is 0.284 bits per heavy atom. The molecule has 0 amide bonds. The first-order valence-electron chi connectivity index (χ1n) is 55.5. The highest BCUT2D eigenvalue weighted by Gasteiger charge is 2.27. The van der Waals surface area contributed by atoms with Crippen LogP contribution in [-0.2, 0) is 6.54 Å². The minimum Gasteiger partial charge on any atom is -0.369 e. The predicted molar refractivity (Wildman–Crippen MR) is 655 cm³/mol. The first-order valence-corrected chi connectivity index (χ1v) is 55.5. The lowest BCUT2D eigenvalue weighted by Gasteiger charge is -2.20. The summed E-state index contributed by atoms with van der Waals surface area (Å²) in [5.74, 6) is 2.89. The summed E-state index contributed by atoms with van der Waals surface area (Å²) in [7, 11) is 0. The predicted octanol–water partition coefficient (Wildman–Crippen LogP) is 35.3. The molecule has 22 nitrogen and oxygen atoms in total. The maximum atomic E-state index is 13.2. The van der Waals surface area contributed by atoms with Gasteiger partial charge in [-0.1, -0.05) is 465 Å². The highest BCUT2D eigenvalue weighted by Crippen LogP contribution is 2.30. The zero-order valence-electron chi connectivity index (χ0n) is 104. The summed E-state index contributed by atoms with van der Waals surface area (Å²) < 4.78 is 10.6. The Labute approximate surface area is 898 Å². The number of nitrogens with one attached hydrogen (secondary N) is 3. The van der Waals surface area contributed by atoms with Gasteiger partial charge in [-0.3, -0.25) is 38.5 Å². The number of fused-ring (bicyclic) bond motifs is 4. The van der Waals surface area contributed by atoms with Gasteiger partial charge in [0.2, 0.25) is 29.1 Å². The van der Waals surface area contributed by atoms with Crippen molar-refractivity contribution < 1.29 is 9.59 Å². The van der Waals surface area contributed by atoms with E-state index in [1.54, 1.807) is 38.4 Å². The highest BCUT2D eigenvalue weighted by molar-refractivity contribution is 5.99. The van der Waals surface area contributed by atoms with Crippen molar-refractivity contribution in [1.29, 1.82) is 0 Å². The van der Waals surface area contributed by atoms with Crippen molar-refractivity contribution >= 4 is 40.6 Å². The molecule has 0 aliphatic rings. The zero-order valence-corrected chi connectivity index (χ0v) is 104. The number of aryl methyl sites for hydroxylation is 8. The lowest BCUT2D eigenvalue weighted by molar-refractivity contribution is 0.0929. The number of H-pyrrole nitrogens is 3. The van der Waals surface area contributed by atoms with Crippen LogP contribution in [0.3, 0.4) is 0 Å². The Hall–Kier alpha value is -13.0. The monoisotopic (exact) mass is 2040 g/mol. The van der Waals surface area contributed by atoms with Crippen LogP contribution in [0, 0.1) is 103 Å². The van der Waals surface area contributed by atoms with Crippen LogP contribution in [0.1, 0.15) is 403 Å². The van der Waals surface area contributed by atoms with Crippen LogP contribution >= 0.6 is 0 Å². The van der Waals surface area contributed by atoms with Crippen molar-refractivity contribution in [3.63, 3.8) is 0 Å². The van der Waals surface area contributed by atoms with Gasteiger partial charge in [0, 0.05) is 102 Å². The Balaban J connectivity index is -0.000000184. The van der Waals surface area contributed by atoms with Gasteiger partial charge in [-0.15, -0.1) is 0 Å². The number of hydrogen-bond donors (Lipinski definition) is 4. The summed E-state index contributed by atoms with van der Waals surface area (Å²) in [6.07, 6.45) is 1.25. The molecule has 1 atom stereocenters. The standard InChI is InChI=1S/C24H23N3O2.C17H19N3O.2C15H15N3O.C10H12O.C6H9N3O.C3H8.18C2H6/c1-15-16(2)26(18(4)22(28)20-13-9-6-10-14-20)24-25-21(17(3)27(24)23(15)29)19-11-7-5-8-12-19;1-5-19-12(3)11(2)16(21)20-13(4)15(18-17(19)20)14-9-7-6-8-10-14;2*1-9-10(2)16-15-17-13(11(3)18(15)14(9)19)12-7-5-4-6-8-12;1-8(2)10(11)9-6-4-3-5-7-9;1-3-4(2)8-6(7)9-5(3)10;1-3-2;18*1-2/h5-14,18H,1-4H3;6-10H,5H2,1-4H3;2*4-8H,1-3H3,(H,16,17);3-8H,1-2H3;1-2H3,(H3,7,8,9,10);3H2,1-2H3;18*1-2H3. The molecule has 9 heterocycles. The number of ketones is 2. The molecule has 5 N–H and O–H groups in total. The lowest BCUT2D eigenvalue weighted by atomic mass is 10.0. The van der Waals surface area contributed by atoms with Gasteiger partial charge in [0.25, 0.3) is 27.8 Å². The lowest BCUT2D eigenvalue weighted by Crippen LogP contribution is -2.28. The average molecular weight is 2050 g/mol.